The van der Waals surface area contributed by atoms with Crippen molar-refractivity contribution in [3.63, 3.8) is 0 Å². The van der Waals surface area contributed by atoms with Gasteiger partial charge in [-0.25, -0.2) is 13.8 Å². The van der Waals surface area contributed by atoms with Gasteiger partial charge in [-0.3, -0.25) is 39.8 Å². The first kappa shape index (κ1) is 42.7. The summed E-state index contributed by atoms with van der Waals surface area (Å²) in [6.07, 6.45) is 5.37. The number of halogens is 2. The zero-order valence-electron chi connectivity index (χ0n) is 35.4. The lowest BCUT2D eigenvalue weighted by molar-refractivity contribution is -0.134. The van der Waals surface area contributed by atoms with Crippen molar-refractivity contribution in [2.75, 3.05) is 51.7 Å². The van der Waals surface area contributed by atoms with Crippen LogP contribution in [0.15, 0.2) is 53.7 Å². The second kappa shape index (κ2) is 18.1. The van der Waals surface area contributed by atoms with Gasteiger partial charge in [0.15, 0.2) is 0 Å². The molecule has 16 heteroatoms. The number of hydrogen-bond acceptors (Lipinski definition) is 10. The molecule has 0 aliphatic carbocycles. The van der Waals surface area contributed by atoms with Crippen LogP contribution in [0.1, 0.15) is 94.6 Å². The highest BCUT2D eigenvalue weighted by Crippen LogP contribution is 2.34. The molecule has 6 heterocycles. The fraction of sp³-hybridized carbons (Fsp3) is 0.457. The van der Waals surface area contributed by atoms with Gasteiger partial charge >= 0.3 is 0 Å². The van der Waals surface area contributed by atoms with Crippen LogP contribution in [-0.4, -0.2) is 100 Å². The number of carbonyl (C=O) groups excluding carboxylic acids is 4. The Morgan fingerprint density at radius 1 is 0.968 bits per heavy atom. The van der Waals surface area contributed by atoms with E-state index in [2.05, 4.69) is 32.4 Å². The summed E-state index contributed by atoms with van der Waals surface area (Å²) < 4.78 is 38.1. The normalized spacial score (nSPS) is 22.4. The van der Waals surface area contributed by atoms with Crippen LogP contribution in [-0.2, 0) is 27.3 Å². The lowest BCUT2D eigenvalue weighted by atomic mass is 9.79. The number of hydrogen-bond donors (Lipinski definition) is 3. The van der Waals surface area contributed by atoms with Crippen molar-refractivity contribution < 1.29 is 32.7 Å². The highest BCUT2D eigenvalue weighted by molar-refractivity contribution is 6.19. The molecule has 14 nitrogen and oxygen atoms in total. The number of anilines is 1. The Bertz CT molecular complexity index is 2450. The number of fused-ring (bicyclic) bond motifs is 5. The van der Waals surface area contributed by atoms with Gasteiger partial charge in [-0.1, -0.05) is 6.92 Å². The molecule has 4 aromatic rings. The Kier molecular flexibility index (Phi) is 12.5. The van der Waals surface area contributed by atoms with Crippen molar-refractivity contribution in [3.8, 4) is 0 Å². The number of likely N-dealkylation sites (tertiary alicyclic amines) is 2. The fourth-order valence-corrected chi connectivity index (χ4v) is 9.40. The molecule has 0 unspecified atom stereocenters. The topological polar surface area (TPSA) is 177 Å². The Morgan fingerprint density at radius 3 is 2.44 bits per heavy atom. The van der Waals surface area contributed by atoms with Crippen LogP contribution in [0.25, 0.3) is 16.6 Å². The van der Waals surface area contributed by atoms with E-state index in [0.717, 1.165) is 44.3 Å². The second-order valence-electron chi connectivity index (χ2n) is 17.2. The first-order valence-electron chi connectivity index (χ1n) is 21.5. The van der Waals surface area contributed by atoms with Gasteiger partial charge < -0.3 is 24.8 Å². The quantitative estimate of drug-likeness (QED) is 0.209. The monoisotopic (exact) mass is 849 g/mol. The summed E-state index contributed by atoms with van der Waals surface area (Å²) in [7, 11) is 1.63. The maximum absolute atomic E-state index is 15.0. The van der Waals surface area contributed by atoms with Crippen LogP contribution in [0.4, 0.5) is 14.7 Å². The molecule has 4 amide bonds. The molecule has 326 valence electrons. The number of amides is 4. The first-order valence-corrected chi connectivity index (χ1v) is 21.5. The summed E-state index contributed by atoms with van der Waals surface area (Å²) in [5, 5.41) is 5.21. The van der Waals surface area contributed by atoms with Gasteiger partial charge in [-0.2, -0.15) is 0 Å². The molecule has 3 fully saturated rings. The van der Waals surface area contributed by atoms with Gasteiger partial charge in [-0.15, -0.1) is 0 Å². The molecule has 62 heavy (non-hydrogen) atoms. The summed E-state index contributed by atoms with van der Waals surface area (Å²) >= 11 is 0. The third kappa shape index (κ3) is 8.96. The maximum Gasteiger partial charge on any atom is 0.258 e. The number of nitrogens with two attached hydrogens (primary N) is 1. The predicted octanol–water partition coefficient (Wildman–Crippen LogP) is 5.59. The summed E-state index contributed by atoms with van der Waals surface area (Å²) in [4.78, 5) is 69.5. The van der Waals surface area contributed by atoms with E-state index < -0.39 is 29.4 Å². The second-order valence-corrected chi connectivity index (χ2v) is 17.2. The van der Waals surface area contributed by atoms with Gasteiger partial charge in [0.05, 0.1) is 34.8 Å². The SMILES string of the molecule is CN=C1OCCC[C@@H](C)Cn2c(nc3ccc(C(=O)N4CCC(C5CN(CCc6cc(F)c([C@H]7CCC(=O)NC7=O)c(F)c6)C5)CC4)cc32)NC(=O)c2cc(C)nc(c2)C1=CN. The Labute approximate surface area is 359 Å². The summed E-state index contributed by atoms with van der Waals surface area (Å²) in [6.45, 7) is 8.67. The van der Waals surface area contributed by atoms with Crippen molar-refractivity contribution >= 4 is 52.1 Å². The molecule has 2 atom stereocenters. The lowest BCUT2D eigenvalue weighted by Gasteiger charge is -2.46. The van der Waals surface area contributed by atoms with E-state index in [9.17, 15) is 19.2 Å². The molecule has 2 bridgehead atoms. The number of imidazole rings is 1. The van der Waals surface area contributed by atoms with Crippen LogP contribution >= 0.6 is 0 Å². The molecule has 3 saturated heterocycles. The molecule has 2 aromatic carbocycles. The lowest BCUT2D eigenvalue weighted by Crippen LogP contribution is -2.52. The number of benzene rings is 2. The predicted molar refractivity (Wildman–Crippen MR) is 230 cm³/mol. The van der Waals surface area contributed by atoms with E-state index in [1.807, 2.05) is 27.7 Å². The van der Waals surface area contributed by atoms with Crippen LogP contribution in [0.2, 0.25) is 0 Å². The van der Waals surface area contributed by atoms with Crippen molar-refractivity contribution in [2.45, 2.75) is 71.3 Å². The van der Waals surface area contributed by atoms with Crippen LogP contribution in [0.3, 0.4) is 0 Å². The summed E-state index contributed by atoms with van der Waals surface area (Å²) in [5.41, 5.74) is 10.2. The van der Waals surface area contributed by atoms with Gasteiger partial charge in [0.1, 0.15) is 11.6 Å². The molecular formula is C46H53F2N9O5. The largest absolute Gasteiger partial charge is 0.477 e. The molecule has 4 aliphatic rings. The number of pyridine rings is 1. The van der Waals surface area contributed by atoms with Gasteiger partial charge in [0.25, 0.3) is 11.8 Å². The summed E-state index contributed by atoms with van der Waals surface area (Å²) in [6, 6.07) is 11.5. The molecule has 0 saturated carbocycles. The Balaban J connectivity index is 0.892. The molecule has 2 aromatic heterocycles. The van der Waals surface area contributed by atoms with E-state index in [0.29, 0.717) is 102 Å². The minimum absolute atomic E-state index is 0.0393. The van der Waals surface area contributed by atoms with E-state index in [4.69, 9.17) is 15.5 Å². The van der Waals surface area contributed by atoms with Crippen molar-refractivity contribution in [2.24, 2.45) is 28.5 Å². The van der Waals surface area contributed by atoms with Crippen LogP contribution in [0, 0.1) is 36.3 Å². The van der Waals surface area contributed by atoms with Crippen molar-refractivity contribution in [3.05, 3.63) is 93.9 Å². The van der Waals surface area contributed by atoms with E-state index in [-0.39, 0.29) is 36.1 Å². The van der Waals surface area contributed by atoms with Gasteiger partial charge in [0.2, 0.25) is 23.7 Å². The molecule has 0 spiro atoms. The number of ether oxygens (including phenoxy) is 1. The third-order valence-electron chi connectivity index (χ3n) is 12.8. The minimum atomic E-state index is -1.01. The van der Waals surface area contributed by atoms with Crippen LogP contribution in [0.5, 0.6) is 0 Å². The van der Waals surface area contributed by atoms with E-state index in [1.165, 1.54) is 18.3 Å². The number of nitrogens with zero attached hydrogens (tertiary/aromatic N) is 6. The van der Waals surface area contributed by atoms with Crippen LogP contribution < -0.4 is 16.4 Å². The molecule has 8 rings (SSSR count). The average Bonchev–Trinajstić information content (AvgIpc) is 3.56. The fourth-order valence-electron chi connectivity index (χ4n) is 9.40. The molecule has 0 radical (unpaired) electrons. The van der Waals surface area contributed by atoms with Gasteiger partial charge in [0, 0.05) is 81.3 Å². The molecule has 4 N–H and O–H groups in total. The first-order chi connectivity index (χ1) is 29.9. The number of aliphatic imine (C=N–C) groups is 1. The van der Waals surface area contributed by atoms with Gasteiger partial charge in [-0.05, 0) is 111 Å². The number of piperidine rings is 2. The van der Waals surface area contributed by atoms with E-state index in [1.54, 1.807) is 26.1 Å². The maximum atomic E-state index is 15.0. The number of nitrogens with one attached hydrogen (secondary N) is 2. The number of imide groups is 1. The smallest absolute Gasteiger partial charge is 0.258 e. The molecular weight excluding hydrogens is 797 g/mol. The van der Waals surface area contributed by atoms with E-state index >= 15 is 8.78 Å². The van der Waals surface area contributed by atoms with Crippen molar-refractivity contribution in [1.29, 1.82) is 0 Å². The number of aromatic nitrogens is 3. The zero-order chi connectivity index (χ0) is 43.7. The standard InChI is InChI=1S/C46H53F2N9O5/c1-26-5-4-16-62-44(50-3)34(22-49)38-20-31(17-27(2)51-38)42(59)54-46-52-37-8-6-30(21-39(37)57(46)23-26)45(61)56-14-11-29(12-15-56)32-24-55(25-32)13-10-28-18-35(47)41(36(48)19-28)33-7-9-40(58)53-43(33)60/h6,8,17-22,26,29,32-33H,4-5,7,9-16,23-25,49H2,1-3H3,(H,52,54,59)(H,53,58,60)/t26-,33-/m1/s1. The van der Waals surface area contributed by atoms with Crippen molar-refractivity contribution in [1.82, 2.24) is 29.7 Å². The third-order valence-corrected chi connectivity index (χ3v) is 12.8. The number of carbonyl (C=O) groups is 4. The average molecular weight is 850 g/mol. The molecule has 4 aliphatic heterocycles. The minimum Gasteiger partial charge on any atom is -0.477 e. The summed E-state index contributed by atoms with van der Waals surface area (Å²) in [5.74, 6) is -2.11. The zero-order valence-corrected chi connectivity index (χ0v) is 35.4. The highest BCUT2D eigenvalue weighted by Gasteiger charge is 2.37. The Morgan fingerprint density at radius 2 is 1.73 bits per heavy atom. The number of rotatable bonds is 6. The highest BCUT2D eigenvalue weighted by atomic mass is 19.1. The Hall–Kier alpha value is -6.03. The number of aryl methyl sites for hydroxylation is 1.